The van der Waals surface area contributed by atoms with E-state index >= 15 is 0 Å². The summed E-state index contributed by atoms with van der Waals surface area (Å²) >= 11 is 5.91. The number of carbonyl (C=O) groups excluding carboxylic acids is 1. The molecular formula is C15H18ClN3O. The second-order valence-electron chi connectivity index (χ2n) is 4.92. The lowest BCUT2D eigenvalue weighted by atomic mass is 10.1. The summed E-state index contributed by atoms with van der Waals surface area (Å²) in [5.41, 5.74) is 1.59. The molecule has 0 fully saturated rings. The number of aromatic amines is 1. The lowest BCUT2D eigenvalue weighted by molar-refractivity contribution is 0.0925. The Morgan fingerprint density at radius 2 is 2.00 bits per heavy atom. The third-order valence-electron chi connectivity index (χ3n) is 2.97. The summed E-state index contributed by atoms with van der Waals surface area (Å²) in [5.74, 6) is -0.114. The maximum Gasteiger partial charge on any atom is 0.268 e. The van der Waals surface area contributed by atoms with Gasteiger partial charge in [0.05, 0.1) is 6.04 Å². The zero-order valence-electron chi connectivity index (χ0n) is 11.6. The predicted octanol–water partition coefficient (Wildman–Crippen LogP) is 2.70. The summed E-state index contributed by atoms with van der Waals surface area (Å²) in [5, 5.41) is 3.72. The summed E-state index contributed by atoms with van der Waals surface area (Å²) in [6.07, 6.45) is 1.73. The van der Waals surface area contributed by atoms with Gasteiger partial charge in [0.15, 0.2) is 0 Å². The molecule has 0 bridgehead atoms. The van der Waals surface area contributed by atoms with Gasteiger partial charge < -0.3 is 15.2 Å². The van der Waals surface area contributed by atoms with Gasteiger partial charge in [-0.1, -0.05) is 23.7 Å². The molecule has 2 N–H and O–H groups in total. The minimum Gasteiger partial charge on any atom is -0.357 e. The highest BCUT2D eigenvalue weighted by Crippen LogP contribution is 2.17. The molecule has 0 saturated carbocycles. The highest BCUT2D eigenvalue weighted by Gasteiger charge is 2.17. The van der Waals surface area contributed by atoms with Crippen LogP contribution in [-0.4, -0.2) is 36.4 Å². The fraction of sp³-hybridized carbons (Fsp3) is 0.267. The Hall–Kier alpha value is -1.78. The van der Waals surface area contributed by atoms with Crippen LogP contribution in [0.25, 0.3) is 0 Å². The number of rotatable bonds is 5. The van der Waals surface area contributed by atoms with E-state index < -0.39 is 0 Å². The van der Waals surface area contributed by atoms with E-state index in [2.05, 4.69) is 10.3 Å². The second kappa shape index (κ2) is 6.59. The Kier molecular flexibility index (Phi) is 4.82. The monoisotopic (exact) mass is 291 g/mol. The Morgan fingerprint density at radius 3 is 2.55 bits per heavy atom. The first kappa shape index (κ1) is 14.6. The Morgan fingerprint density at radius 1 is 1.30 bits per heavy atom. The van der Waals surface area contributed by atoms with E-state index in [1.54, 1.807) is 18.3 Å². The van der Waals surface area contributed by atoms with Gasteiger partial charge >= 0.3 is 0 Å². The molecule has 106 valence electrons. The molecule has 20 heavy (non-hydrogen) atoms. The second-order valence-corrected chi connectivity index (χ2v) is 5.36. The third-order valence-corrected chi connectivity index (χ3v) is 3.22. The first-order valence-corrected chi connectivity index (χ1v) is 6.78. The standard InChI is InChI=1S/C15H18ClN3O/c1-19(2)10-14(11-5-7-12(16)8-6-11)18-15(20)13-4-3-9-17-13/h3-9,14,17H,10H2,1-2H3,(H,18,20)/t14-/m1/s1. The van der Waals surface area contributed by atoms with E-state index in [1.165, 1.54) is 0 Å². The topological polar surface area (TPSA) is 48.1 Å². The number of H-pyrrole nitrogens is 1. The Balaban J connectivity index is 2.15. The molecule has 5 heteroatoms. The van der Waals surface area contributed by atoms with Crippen molar-refractivity contribution in [2.24, 2.45) is 0 Å². The van der Waals surface area contributed by atoms with Gasteiger partial charge in [-0.05, 0) is 43.9 Å². The summed E-state index contributed by atoms with van der Waals surface area (Å²) < 4.78 is 0. The van der Waals surface area contributed by atoms with Crippen molar-refractivity contribution < 1.29 is 4.79 Å². The number of hydrogen-bond donors (Lipinski definition) is 2. The lowest BCUT2D eigenvalue weighted by Crippen LogP contribution is -2.35. The maximum absolute atomic E-state index is 12.2. The van der Waals surface area contributed by atoms with Crippen LogP contribution >= 0.6 is 11.6 Å². The molecule has 1 aromatic carbocycles. The van der Waals surface area contributed by atoms with E-state index in [0.717, 1.165) is 5.56 Å². The van der Waals surface area contributed by atoms with Crippen LogP contribution in [-0.2, 0) is 0 Å². The van der Waals surface area contributed by atoms with Gasteiger partial charge in [-0.3, -0.25) is 4.79 Å². The van der Waals surface area contributed by atoms with Crippen LogP contribution < -0.4 is 5.32 Å². The van der Waals surface area contributed by atoms with E-state index in [4.69, 9.17) is 11.6 Å². The fourth-order valence-electron chi connectivity index (χ4n) is 2.00. The van der Waals surface area contributed by atoms with Crippen molar-refractivity contribution in [1.29, 1.82) is 0 Å². The molecule has 2 rings (SSSR count). The van der Waals surface area contributed by atoms with Crippen LogP contribution in [0.5, 0.6) is 0 Å². The van der Waals surface area contributed by atoms with Gasteiger partial charge in [-0.15, -0.1) is 0 Å². The van der Waals surface area contributed by atoms with E-state index in [0.29, 0.717) is 17.3 Å². The quantitative estimate of drug-likeness (QED) is 0.890. The molecule has 1 heterocycles. The minimum atomic E-state index is -0.114. The molecule has 2 aromatic rings. The molecule has 1 aromatic heterocycles. The minimum absolute atomic E-state index is 0.0851. The van der Waals surface area contributed by atoms with Crippen LogP contribution in [0.4, 0.5) is 0 Å². The molecule has 0 aliphatic rings. The number of amides is 1. The predicted molar refractivity (Wildman–Crippen MR) is 81.0 cm³/mol. The number of halogens is 1. The van der Waals surface area contributed by atoms with Crippen LogP contribution in [0.15, 0.2) is 42.6 Å². The number of nitrogens with one attached hydrogen (secondary N) is 2. The number of aromatic nitrogens is 1. The number of benzene rings is 1. The number of likely N-dealkylation sites (N-methyl/N-ethyl adjacent to an activating group) is 1. The van der Waals surface area contributed by atoms with E-state index in [1.807, 2.05) is 43.3 Å². The van der Waals surface area contributed by atoms with E-state index in [9.17, 15) is 4.79 Å². The van der Waals surface area contributed by atoms with Gasteiger partial charge in [-0.2, -0.15) is 0 Å². The smallest absolute Gasteiger partial charge is 0.268 e. The summed E-state index contributed by atoms with van der Waals surface area (Å²) in [4.78, 5) is 17.1. The Bertz CT molecular complexity index is 549. The molecule has 4 nitrogen and oxygen atoms in total. The van der Waals surface area contributed by atoms with Crippen LogP contribution in [0.2, 0.25) is 5.02 Å². The van der Waals surface area contributed by atoms with Gasteiger partial charge in [0.1, 0.15) is 5.69 Å². The van der Waals surface area contributed by atoms with Crippen molar-refractivity contribution in [2.75, 3.05) is 20.6 Å². The molecule has 0 spiro atoms. The molecule has 0 saturated heterocycles. The average Bonchev–Trinajstić information content (AvgIpc) is 2.92. The number of hydrogen-bond acceptors (Lipinski definition) is 2. The molecule has 0 aliphatic carbocycles. The van der Waals surface area contributed by atoms with Crippen LogP contribution in [0.1, 0.15) is 22.1 Å². The van der Waals surface area contributed by atoms with Crippen molar-refractivity contribution in [3.05, 3.63) is 58.9 Å². The van der Waals surface area contributed by atoms with Crippen molar-refractivity contribution >= 4 is 17.5 Å². The normalized spacial score (nSPS) is 12.4. The molecule has 1 atom stereocenters. The van der Waals surface area contributed by atoms with Crippen molar-refractivity contribution in [3.8, 4) is 0 Å². The van der Waals surface area contributed by atoms with Gasteiger partial charge in [-0.25, -0.2) is 0 Å². The fourth-order valence-corrected chi connectivity index (χ4v) is 2.13. The SMILES string of the molecule is CN(C)C[C@@H](NC(=O)c1ccc[nH]1)c1ccc(Cl)cc1. The van der Waals surface area contributed by atoms with Crippen molar-refractivity contribution in [2.45, 2.75) is 6.04 Å². The lowest BCUT2D eigenvalue weighted by Gasteiger charge is -2.22. The van der Waals surface area contributed by atoms with Crippen LogP contribution in [0, 0.1) is 0 Å². The average molecular weight is 292 g/mol. The zero-order chi connectivity index (χ0) is 14.5. The van der Waals surface area contributed by atoms with Crippen molar-refractivity contribution in [1.82, 2.24) is 15.2 Å². The summed E-state index contributed by atoms with van der Waals surface area (Å²) in [7, 11) is 3.95. The first-order chi connectivity index (χ1) is 9.56. The molecular weight excluding hydrogens is 274 g/mol. The summed E-state index contributed by atoms with van der Waals surface area (Å²) in [6.45, 7) is 0.716. The Labute approximate surface area is 123 Å². The molecule has 0 unspecified atom stereocenters. The third kappa shape index (κ3) is 3.85. The maximum atomic E-state index is 12.2. The highest BCUT2D eigenvalue weighted by atomic mass is 35.5. The largest absolute Gasteiger partial charge is 0.357 e. The summed E-state index contributed by atoms with van der Waals surface area (Å²) in [6, 6.07) is 11.0. The molecule has 1 amide bonds. The van der Waals surface area contributed by atoms with Gasteiger partial charge in [0.25, 0.3) is 5.91 Å². The van der Waals surface area contributed by atoms with E-state index in [-0.39, 0.29) is 11.9 Å². The van der Waals surface area contributed by atoms with Crippen molar-refractivity contribution in [3.63, 3.8) is 0 Å². The zero-order valence-corrected chi connectivity index (χ0v) is 12.3. The number of nitrogens with zero attached hydrogens (tertiary/aromatic N) is 1. The van der Waals surface area contributed by atoms with Gasteiger partial charge in [0, 0.05) is 17.8 Å². The van der Waals surface area contributed by atoms with Crippen LogP contribution in [0.3, 0.4) is 0 Å². The first-order valence-electron chi connectivity index (χ1n) is 6.40. The van der Waals surface area contributed by atoms with Gasteiger partial charge in [0.2, 0.25) is 0 Å². The highest BCUT2D eigenvalue weighted by molar-refractivity contribution is 6.30. The molecule has 0 aliphatic heterocycles. The number of carbonyl (C=O) groups is 1. The molecule has 0 radical (unpaired) electrons.